The van der Waals surface area contributed by atoms with E-state index in [9.17, 15) is 13.6 Å². The number of hydrogen-bond donors (Lipinski definition) is 0. The van der Waals surface area contributed by atoms with Gasteiger partial charge in [-0.25, -0.2) is 13.8 Å². The normalized spacial score (nSPS) is 20.2. The summed E-state index contributed by atoms with van der Waals surface area (Å²) in [6.45, 7) is 0.729. The minimum Gasteiger partial charge on any atom is -0.313 e. The molecule has 1 saturated carbocycles. The minimum absolute atomic E-state index is 0.199. The van der Waals surface area contributed by atoms with Crippen LogP contribution in [0.2, 0.25) is 0 Å². The summed E-state index contributed by atoms with van der Waals surface area (Å²) in [5.74, 6) is 1.30. The van der Waals surface area contributed by atoms with Crippen molar-refractivity contribution < 1.29 is 8.78 Å². The Morgan fingerprint density at radius 2 is 2.00 bits per heavy atom. The van der Waals surface area contributed by atoms with Crippen LogP contribution in [0.1, 0.15) is 49.4 Å². The Morgan fingerprint density at radius 3 is 2.79 bits per heavy atom. The quantitative estimate of drug-likeness (QED) is 0.636. The molecule has 5 rings (SSSR count). The highest BCUT2D eigenvalue weighted by atomic mass is 19.3. The fraction of sp³-hybridized carbons (Fsp3) is 0.500. The third kappa shape index (κ3) is 3.43. The van der Waals surface area contributed by atoms with Crippen molar-refractivity contribution in [2.75, 3.05) is 6.54 Å². The number of benzene rings is 1. The summed E-state index contributed by atoms with van der Waals surface area (Å²) in [6, 6.07) is 7.20. The van der Waals surface area contributed by atoms with E-state index in [1.165, 1.54) is 4.57 Å². The van der Waals surface area contributed by atoms with E-state index >= 15 is 0 Å². The lowest BCUT2D eigenvalue weighted by Crippen LogP contribution is -2.34. The number of nitrogens with zero attached hydrogens (tertiary/aromatic N) is 6. The van der Waals surface area contributed by atoms with Gasteiger partial charge in [0.15, 0.2) is 0 Å². The minimum atomic E-state index is -2.62. The van der Waals surface area contributed by atoms with E-state index in [1.807, 2.05) is 0 Å². The van der Waals surface area contributed by atoms with Crippen LogP contribution in [0.3, 0.4) is 0 Å². The van der Waals surface area contributed by atoms with Crippen molar-refractivity contribution in [1.29, 1.82) is 0 Å². The third-order valence-electron chi connectivity index (χ3n) is 5.81. The van der Waals surface area contributed by atoms with Crippen molar-refractivity contribution in [3.05, 3.63) is 52.6 Å². The molecule has 0 bridgehead atoms. The van der Waals surface area contributed by atoms with E-state index in [-0.39, 0.29) is 6.04 Å². The molecule has 1 unspecified atom stereocenters. The Labute approximate surface area is 166 Å². The van der Waals surface area contributed by atoms with Gasteiger partial charge in [-0.05, 0) is 44.4 Å². The molecule has 1 saturated heterocycles. The zero-order chi connectivity index (χ0) is 20.0. The second-order valence-electron chi connectivity index (χ2n) is 7.81. The monoisotopic (exact) mass is 400 g/mol. The van der Waals surface area contributed by atoms with E-state index in [4.69, 9.17) is 0 Å². The summed E-state index contributed by atoms with van der Waals surface area (Å²) in [6.07, 6.45) is 3.09. The van der Waals surface area contributed by atoms with Crippen molar-refractivity contribution in [3.8, 4) is 0 Å². The highest BCUT2D eigenvalue weighted by Crippen LogP contribution is 2.37. The first-order valence-corrected chi connectivity index (χ1v) is 10.0. The molecule has 3 aromatic rings. The largest absolute Gasteiger partial charge is 0.313 e. The molecule has 152 valence electrons. The van der Waals surface area contributed by atoms with E-state index in [2.05, 4.69) is 24.6 Å². The van der Waals surface area contributed by atoms with E-state index < -0.39 is 18.5 Å². The van der Waals surface area contributed by atoms with Crippen molar-refractivity contribution in [1.82, 2.24) is 29.2 Å². The van der Waals surface area contributed by atoms with Crippen LogP contribution in [0.15, 0.2) is 35.4 Å². The van der Waals surface area contributed by atoms with Crippen molar-refractivity contribution in [2.45, 2.75) is 57.3 Å². The predicted octanol–water partition coefficient (Wildman–Crippen LogP) is 2.93. The Morgan fingerprint density at radius 1 is 1.17 bits per heavy atom. The van der Waals surface area contributed by atoms with Crippen LogP contribution in [0.25, 0.3) is 10.9 Å². The maximum absolute atomic E-state index is 13.3. The Hall–Kier alpha value is -2.68. The molecule has 3 heterocycles. The van der Waals surface area contributed by atoms with Crippen LogP contribution in [-0.4, -0.2) is 42.2 Å². The molecule has 0 amide bonds. The number of fused-ring (bicyclic) bond motifs is 1. The summed E-state index contributed by atoms with van der Waals surface area (Å²) in [5.41, 5.74) is 0.143. The van der Waals surface area contributed by atoms with Gasteiger partial charge >= 0.3 is 0 Å². The van der Waals surface area contributed by atoms with Gasteiger partial charge in [-0.3, -0.25) is 14.3 Å². The molecule has 0 N–H and O–H groups in total. The Balaban J connectivity index is 1.54. The lowest BCUT2D eigenvalue weighted by atomic mass is 10.1. The highest BCUT2D eigenvalue weighted by Gasteiger charge is 2.33. The average molecular weight is 400 g/mol. The molecule has 9 heteroatoms. The molecule has 2 aliphatic rings. The summed E-state index contributed by atoms with van der Waals surface area (Å²) < 4.78 is 29.9. The molecule has 1 aromatic carbocycles. The molecule has 0 radical (unpaired) electrons. The van der Waals surface area contributed by atoms with Gasteiger partial charge in [0.2, 0.25) is 0 Å². The van der Waals surface area contributed by atoms with Gasteiger partial charge in [-0.1, -0.05) is 12.1 Å². The summed E-state index contributed by atoms with van der Waals surface area (Å²) in [4.78, 5) is 19.8. The number of likely N-dealkylation sites (tertiary alicyclic amines) is 1. The highest BCUT2D eigenvalue weighted by molar-refractivity contribution is 5.77. The fourth-order valence-electron chi connectivity index (χ4n) is 4.28. The standard InChI is InChI=1S/C20H22F2N6O/c21-17(22)10-27-19(24-15-5-2-1-4-14(15)20(27)29)16-6-3-9-26(16)11-18-25-23-12-28(18)13-7-8-13/h1-2,4-5,12-13,16-17H,3,6-11H2. The lowest BCUT2D eigenvalue weighted by Gasteiger charge is -2.26. The van der Waals surface area contributed by atoms with Gasteiger partial charge in [-0.2, -0.15) is 0 Å². The van der Waals surface area contributed by atoms with Crippen LogP contribution >= 0.6 is 0 Å². The molecular formula is C20H22F2N6O. The Kier molecular flexibility index (Phi) is 4.61. The number of rotatable bonds is 6. The first kappa shape index (κ1) is 18.4. The molecule has 0 spiro atoms. The summed E-state index contributed by atoms with van der Waals surface area (Å²) in [7, 11) is 0. The van der Waals surface area contributed by atoms with Gasteiger partial charge in [-0.15, -0.1) is 10.2 Å². The smallest absolute Gasteiger partial charge is 0.261 e. The van der Waals surface area contributed by atoms with Crippen molar-refractivity contribution >= 4 is 10.9 Å². The number of para-hydroxylation sites is 1. The second kappa shape index (κ2) is 7.29. The maximum atomic E-state index is 13.3. The number of aromatic nitrogens is 5. The fourth-order valence-corrected chi connectivity index (χ4v) is 4.28. The maximum Gasteiger partial charge on any atom is 0.261 e. The van der Waals surface area contributed by atoms with E-state index in [1.54, 1.807) is 30.6 Å². The zero-order valence-corrected chi connectivity index (χ0v) is 15.9. The second-order valence-corrected chi connectivity index (χ2v) is 7.81. The number of alkyl halides is 2. The molecular weight excluding hydrogens is 378 g/mol. The SMILES string of the molecule is O=c1c2ccccc2nc(C2CCCN2Cc2nncn2C2CC2)n1CC(F)F. The predicted molar refractivity (Wildman–Crippen MR) is 103 cm³/mol. The van der Waals surface area contributed by atoms with Gasteiger partial charge in [0.1, 0.15) is 18.0 Å². The molecule has 2 aromatic heterocycles. The number of hydrogen-bond acceptors (Lipinski definition) is 5. The lowest BCUT2D eigenvalue weighted by molar-refractivity contribution is 0.120. The average Bonchev–Trinajstić information content (AvgIpc) is 3.27. The molecule has 29 heavy (non-hydrogen) atoms. The zero-order valence-electron chi connectivity index (χ0n) is 15.9. The van der Waals surface area contributed by atoms with Gasteiger partial charge in [0.25, 0.3) is 12.0 Å². The van der Waals surface area contributed by atoms with Crippen LogP contribution in [0.4, 0.5) is 8.78 Å². The first-order valence-electron chi connectivity index (χ1n) is 10.0. The molecule has 1 aliphatic heterocycles. The van der Waals surface area contributed by atoms with Crippen LogP contribution in [0, 0.1) is 0 Å². The van der Waals surface area contributed by atoms with Crippen molar-refractivity contribution in [2.24, 2.45) is 0 Å². The van der Waals surface area contributed by atoms with Crippen LogP contribution in [-0.2, 0) is 13.1 Å². The van der Waals surface area contributed by atoms with Crippen LogP contribution in [0.5, 0.6) is 0 Å². The van der Waals surface area contributed by atoms with Gasteiger partial charge in [0, 0.05) is 6.04 Å². The molecule has 2 fully saturated rings. The van der Waals surface area contributed by atoms with Crippen molar-refractivity contribution in [3.63, 3.8) is 0 Å². The first-order chi connectivity index (χ1) is 14.1. The Bertz CT molecular complexity index is 1090. The topological polar surface area (TPSA) is 68.8 Å². The summed E-state index contributed by atoms with van der Waals surface area (Å²) in [5, 5.41) is 8.69. The van der Waals surface area contributed by atoms with Gasteiger partial charge < -0.3 is 4.57 Å². The number of halogens is 2. The van der Waals surface area contributed by atoms with E-state index in [0.29, 0.717) is 29.3 Å². The third-order valence-corrected chi connectivity index (χ3v) is 5.81. The van der Waals surface area contributed by atoms with Gasteiger partial charge in [0.05, 0.1) is 30.0 Å². The molecule has 1 atom stereocenters. The van der Waals surface area contributed by atoms with E-state index in [0.717, 1.165) is 38.1 Å². The van der Waals surface area contributed by atoms with Crippen LogP contribution < -0.4 is 5.56 Å². The molecule has 7 nitrogen and oxygen atoms in total. The summed E-state index contributed by atoms with van der Waals surface area (Å²) >= 11 is 0. The molecule has 1 aliphatic carbocycles.